The fraction of sp³-hybridized carbons (Fsp3) is 0.946. The minimum absolute atomic E-state index is 0.435. The Bertz CT molecular complexity index is 571. The molecule has 0 heterocycles. The molecule has 0 saturated heterocycles. The maximum atomic E-state index is 5.93. The van der Waals surface area contributed by atoms with E-state index >= 15 is 0 Å². The molecule has 0 unspecified atom stereocenters. The zero-order valence-corrected chi connectivity index (χ0v) is 27.4. The molecule has 0 aromatic carbocycles. The zero-order chi connectivity index (χ0) is 28.9. The zero-order valence-electron chi connectivity index (χ0n) is 27.4. The Morgan fingerprint density at radius 2 is 1.10 bits per heavy atom. The predicted octanol–water partition coefficient (Wildman–Crippen LogP) is 10.1. The molecule has 5 aliphatic rings. The molecule has 3 heteroatoms. The molecule has 6 N–H and O–H groups in total. The Balaban J connectivity index is 0.000000225. The highest BCUT2D eigenvalue weighted by atomic mass is 14.7. The van der Waals surface area contributed by atoms with Crippen molar-refractivity contribution in [3.05, 3.63) is 12.2 Å². The first-order chi connectivity index (χ1) is 19.5. The van der Waals surface area contributed by atoms with Crippen molar-refractivity contribution in [2.45, 2.75) is 180 Å². The Kier molecular flexibility index (Phi) is 19.9. The van der Waals surface area contributed by atoms with E-state index in [1.807, 2.05) is 0 Å². The van der Waals surface area contributed by atoms with Crippen LogP contribution in [0.2, 0.25) is 0 Å². The summed E-state index contributed by atoms with van der Waals surface area (Å²) in [6.45, 7) is 6.24. The minimum atomic E-state index is 0.435. The topological polar surface area (TPSA) is 78.1 Å². The fourth-order valence-corrected chi connectivity index (χ4v) is 8.59. The van der Waals surface area contributed by atoms with Crippen LogP contribution in [0.3, 0.4) is 0 Å². The van der Waals surface area contributed by atoms with Gasteiger partial charge in [0.2, 0.25) is 0 Å². The van der Waals surface area contributed by atoms with Crippen molar-refractivity contribution >= 4 is 0 Å². The lowest BCUT2D eigenvalue weighted by molar-refractivity contribution is -0.0468. The largest absolute Gasteiger partial charge is 0.330 e. The first-order valence-electron chi connectivity index (χ1n) is 18.3. The third-order valence-corrected chi connectivity index (χ3v) is 10.7. The number of hydrogen-bond donors (Lipinski definition) is 3. The Hall–Kier alpha value is -0.380. The van der Waals surface area contributed by atoms with E-state index in [4.69, 9.17) is 17.2 Å². The standard InChI is InChI=1S/C18H37N.C11H19N.C8H17N/c1-2-3-4-5-6-7-8-9-10-11-12-13-14-15-16-17-18-19;12-7-11-4-8-1-9(5-11)3-10(2-8)6-11;1-7(9)8-5-3-2-4-6-8/h9-10H,2-8,11-19H2,1H3;8-10H,1-7,12H2;7-8H,2-6,9H2,1H3/t;;7-/m..0/s1. The van der Waals surface area contributed by atoms with Crippen LogP contribution in [0.1, 0.15) is 174 Å². The normalized spacial score (nSPS) is 28.2. The number of rotatable bonds is 17. The summed E-state index contributed by atoms with van der Waals surface area (Å²) in [5, 5.41) is 0. The van der Waals surface area contributed by atoms with Crippen LogP contribution in [0.25, 0.3) is 0 Å². The van der Waals surface area contributed by atoms with Crippen molar-refractivity contribution in [1.82, 2.24) is 0 Å². The van der Waals surface area contributed by atoms with Gasteiger partial charge in [-0.15, -0.1) is 0 Å². The molecule has 5 rings (SSSR count). The smallest absolute Gasteiger partial charge is 0.00387 e. The quantitative estimate of drug-likeness (QED) is 0.122. The second kappa shape index (κ2) is 22.2. The van der Waals surface area contributed by atoms with Crippen LogP contribution in [0.15, 0.2) is 12.2 Å². The van der Waals surface area contributed by atoms with Gasteiger partial charge in [0.05, 0.1) is 0 Å². The van der Waals surface area contributed by atoms with Gasteiger partial charge in [-0.3, -0.25) is 0 Å². The van der Waals surface area contributed by atoms with E-state index < -0.39 is 0 Å². The molecule has 0 aromatic heterocycles. The van der Waals surface area contributed by atoms with E-state index in [2.05, 4.69) is 26.0 Å². The lowest BCUT2D eigenvalue weighted by Gasteiger charge is -2.56. The van der Waals surface area contributed by atoms with Gasteiger partial charge in [-0.2, -0.15) is 0 Å². The van der Waals surface area contributed by atoms with Gasteiger partial charge in [0.25, 0.3) is 0 Å². The third kappa shape index (κ3) is 15.2. The van der Waals surface area contributed by atoms with Crippen molar-refractivity contribution in [3.8, 4) is 0 Å². The van der Waals surface area contributed by atoms with Gasteiger partial charge < -0.3 is 17.2 Å². The van der Waals surface area contributed by atoms with Crippen molar-refractivity contribution in [2.75, 3.05) is 13.1 Å². The molecule has 5 fully saturated rings. The van der Waals surface area contributed by atoms with Gasteiger partial charge in [0, 0.05) is 6.04 Å². The highest BCUT2D eigenvalue weighted by molar-refractivity contribution is 5.01. The molecule has 4 bridgehead atoms. The molecular weight excluding hydrogens is 486 g/mol. The molecule has 1 atom stereocenters. The molecule has 5 saturated carbocycles. The van der Waals surface area contributed by atoms with Crippen LogP contribution < -0.4 is 17.2 Å². The molecule has 0 aliphatic heterocycles. The minimum Gasteiger partial charge on any atom is -0.330 e. The molecule has 0 radical (unpaired) electrons. The van der Waals surface area contributed by atoms with Crippen molar-refractivity contribution in [3.63, 3.8) is 0 Å². The fourth-order valence-electron chi connectivity index (χ4n) is 8.59. The lowest BCUT2D eigenvalue weighted by atomic mass is 9.50. The molecule has 5 aliphatic carbocycles. The molecule has 0 aromatic rings. The molecule has 0 amide bonds. The summed E-state index contributed by atoms with van der Waals surface area (Å²) in [6.07, 6.45) is 39.9. The van der Waals surface area contributed by atoms with Crippen molar-refractivity contribution in [1.29, 1.82) is 0 Å². The molecule has 236 valence electrons. The highest BCUT2D eigenvalue weighted by Gasteiger charge is 2.49. The molecular formula is C37H73N3. The second-order valence-electron chi connectivity index (χ2n) is 14.6. The summed E-state index contributed by atoms with van der Waals surface area (Å²) in [5.74, 6) is 4.04. The Labute approximate surface area is 251 Å². The van der Waals surface area contributed by atoms with Crippen molar-refractivity contribution in [2.24, 2.45) is 46.3 Å². The first-order valence-corrected chi connectivity index (χ1v) is 18.3. The van der Waals surface area contributed by atoms with Crippen LogP contribution in [0, 0.1) is 29.1 Å². The van der Waals surface area contributed by atoms with E-state index in [-0.39, 0.29) is 0 Å². The van der Waals surface area contributed by atoms with Gasteiger partial charge >= 0.3 is 0 Å². The monoisotopic (exact) mass is 560 g/mol. The van der Waals surface area contributed by atoms with Crippen LogP contribution in [0.5, 0.6) is 0 Å². The van der Waals surface area contributed by atoms with Crippen LogP contribution in [0.4, 0.5) is 0 Å². The summed E-state index contributed by atoms with van der Waals surface area (Å²) < 4.78 is 0. The van der Waals surface area contributed by atoms with Gasteiger partial charge in [-0.1, -0.05) is 96.1 Å². The van der Waals surface area contributed by atoms with Gasteiger partial charge in [-0.05, 0) is 133 Å². The lowest BCUT2D eigenvalue weighted by Crippen LogP contribution is -2.49. The molecule has 0 spiro atoms. The number of allylic oxidation sites excluding steroid dienone is 2. The van der Waals surface area contributed by atoms with E-state index in [0.29, 0.717) is 11.5 Å². The van der Waals surface area contributed by atoms with Gasteiger partial charge in [-0.25, -0.2) is 0 Å². The van der Waals surface area contributed by atoms with E-state index in [0.717, 1.165) is 36.8 Å². The third-order valence-electron chi connectivity index (χ3n) is 10.7. The highest BCUT2D eigenvalue weighted by Crippen LogP contribution is 2.59. The van der Waals surface area contributed by atoms with Crippen molar-refractivity contribution < 1.29 is 0 Å². The maximum absolute atomic E-state index is 5.93. The average Bonchev–Trinajstić information content (AvgIpc) is 2.96. The van der Waals surface area contributed by atoms with Crippen LogP contribution >= 0.6 is 0 Å². The number of unbranched alkanes of at least 4 members (excludes halogenated alkanes) is 12. The summed E-state index contributed by atoms with van der Waals surface area (Å²) in [4.78, 5) is 0. The first kappa shape index (κ1) is 35.8. The predicted molar refractivity (Wildman–Crippen MR) is 178 cm³/mol. The van der Waals surface area contributed by atoms with Gasteiger partial charge in [0.1, 0.15) is 0 Å². The van der Waals surface area contributed by atoms with E-state index in [1.165, 1.54) is 161 Å². The SMILES string of the molecule is CCCCCCCCC=CCCCCCCCCN.C[C@H](N)C1CCCCC1.NCC12CC3CC(CC(C3)C1)C2. The molecule has 3 nitrogen and oxygen atoms in total. The van der Waals surface area contributed by atoms with Gasteiger partial charge in [0.15, 0.2) is 0 Å². The number of nitrogens with two attached hydrogens (primary N) is 3. The Morgan fingerprint density at radius 1 is 0.650 bits per heavy atom. The van der Waals surface area contributed by atoms with Crippen LogP contribution in [-0.4, -0.2) is 19.1 Å². The summed E-state index contributed by atoms with van der Waals surface area (Å²) in [7, 11) is 0. The summed E-state index contributed by atoms with van der Waals surface area (Å²) in [5.41, 5.74) is 17.8. The maximum Gasteiger partial charge on any atom is 0.00387 e. The number of hydrogen-bond acceptors (Lipinski definition) is 3. The summed E-state index contributed by atoms with van der Waals surface area (Å²) in [6, 6.07) is 0.435. The average molecular weight is 560 g/mol. The van der Waals surface area contributed by atoms with Crippen LogP contribution in [-0.2, 0) is 0 Å². The van der Waals surface area contributed by atoms with E-state index in [9.17, 15) is 0 Å². The Morgan fingerprint density at radius 3 is 1.50 bits per heavy atom. The summed E-state index contributed by atoms with van der Waals surface area (Å²) >= 11 is 0. The molecule has 40 heavy (non-hydrogen) atoms. The van der Waals surface area contributed by atoms with E-state index in [1.54, 1.807) is 0 Å². The second-order valence-corrected chi connectivity index (χ2v) is 14.6.